The minimum atomic E-state index is 0.311. The van der Waals surface area contributed by atoms with Crippen LogP contribution in [0, 0.1) is 11.8 Å². The van der Waals surface area contributed by atoms with Crippen LogP contribution >= 0.6 is 0 Å². The Kier molecular flexibility index (Phi) is 4.15. The Balaban J connectivity index is 1.79. The van der Waals surface area contributed by atoms with E-state index >= 15 is 0 Å². The third-order valence-electron chi connectivity index (χ3n) is 4.12. The van der Waals surface area contributed by atoms with Gasteiger partial charge in [0.2, 0.25) is 0 Å². The van der Waals surface area contributed by atoms with Gasteiger partial charge in [-0.25, -0.2) is 15.0 Å². The highest BCUT2D eigenvalue weighted by molar-refractivity contribution is 5.81. The summed E-state index contributed by atoms with van der Waals surface area (Å²) in [5, 5.41) is 0. The van der Waals surface area contributed by atoms with Crippen LogP contribution in [-0.2, 0) is 6.54 Å². The first-order chi connectivity index (χ1) is 13.2. The van der Waals surface area contributed by atoms with Gasteiger partial charge in [-0.2, -0.15) is 0 Å². The maximum absolute atomic E-state index is 6.09. The smallest absolute Gasteiger partial charge is 0.163 e. The number of imidazole rings is 1. The fourth-order valence-corrected chi connectivity index (χ4v) is 2.81. The molecule has 27 heavy (non-hydrogen) atoms. The average Bonchev–Trinajstić information content (AvgIpc) is 3.07. The molecule has 3 heterocycles. The Labute approximate surface area is 156 Å². The molecule has 7 heteroatoms. The summed E-state index contributed by atoms with van der Waals surface area (Å²) < 4.78 is 2.04. The summed E-state index contributed by atoms with van der Waals surface area (Å²) in [6, 6.07) is 9.25. The zero-order chi connectivity index (χ0) is 18.8. The molecule has 1 aromatic carbocycles. The molecule has 0 saturated heterocycles. The van der Waals surface area contributed by atoms with Crippen molar-refractivity contribution in [1.82, 2.24) is 24.5 Å². The van der Waals surface area contributed by atoms with Crippen molar-refractivity contribution in [2.45, 2.75) is 13.5 Å². The van der Waals surface area contributed by atoms with E-state index in [2.05, 4.69) is 31.8 Å². The van der Waals surface area contributed by atoms with E-state index in [9.17, 15) is 0 Å². The first kappa shape index (κ1) is 16.5. The molecule has 0 aliphatic carbocycles. The van der Waals surface area contributed by atoms with E-state index in [-0.39, 0.29) is 0 Å². The van der Waals surface area contributed by atoms with Crippen molar-refractivity contribution < 1.29 is 0 Å². The van der Waals surface area contributed by atoms with Crippen LogP contribution < -0.4 is 11.5 Å². The fourth-order valence-electron chi connectivity index (χ4n) is 2.81. The average molecular weight is 355 g/mol. The number of hydrogen-bond acceptors (Lipinski definition) is 6. The molecule has 0 spiro atoms. The summed E-state index contributed by atoms with van der Waals surface area (Å²) in [4.78, 5) is 17.6. The highest BCUT2D eigenvalue weighted by atomic mass is 15.1. The van der Waals surface area contributed by atoms with E-state index in [0.29, 0.717) is 28.7 Å². The third kappa shape index (κ3) is 3.16. The lowest BCUT2D eigenvalue weighted by atomic mass is 10.2. The van der Waals surface area contributed by atoms with Crippen molar-refractivity contribution >= 4 is 22.5 Å². The number of fused-ring (bicyclic) bond motifs is 1. The van der Waals surface area contributed by atoms with Crippen LogP contribution in [0.1, 0.15) is 18.2 Å². The maximum atomic E-state index is 6.09. The third-order valence-corrected chi connectivity index (χ3v) is 4.12. The van der Waals surface area contributed by atoms with Gasteiger partial charge in [-0.15, -0.1) is 0 Å². The molecule has 0 bridgehead atoms. The Hall–Kier alpha value is -3.92. The molecule has 0 saturated carbocycles. The van der Waals surface area contributed by atoms with E-state index < -0.39 is 0 Å². The fraction of sp³-hybridized carbons (Fsp3) is 0.100. The largest absolute Gasteiger partial charge is 0.399 e. The van der Waals surface area contributed by atoms with Gasteiger partial charge in [0.15, 0.2) is 11.6 Å². The molecule has 0 unspecified atom stereocenters. The van der Waals surface area contributed by atoms with Crippen molar-refractivity contribution in [3.8, 4) is 23.4 Å². The molecule has 4 N–H and O–H groups in total. The molecular weight excluding hydrogens is 338 g/mol. The number of nitrogens with two attached hydrogens (primary N) is 2. The monoisotopic (exact) mass is 355 g/mol. The number of pyridine rings is 1. The molecule has 4 aromatic rings. The second-order valence-electron chi connectivity index (χ2n) is 5.91. The summed E-state index contributed by atoms with van der Waals surface area (Å²) in [5.74, 6) is 7.04. The van der Waals surface area contributed by atoms with E-state index in [4.69, 9.17) is 11.5 Å². The molecule has 132 valence electrons. The minimum Gasteiger partial charge on any atom is -0.399 e. The predicted molar refractivity (Wildman–Crippen MR) is 105 cm³/mol. The lowest BCUT2D eigenvalue weighted by Crippen LogP contribution is -2.04. The Morgan fingerprint density at radius 3 is 2.59 bits per heavy atom. The summed E-state index contributed by atoms with van der Waals surface area (Å²) in [6.07, 6.45) is 5.02. The quantitative estimate of drug-likeness (QED) is 0.422. The predicted octanol–water partition coefficient (Wildman–Crippen LogP) is 2.47. The molecule has 4 rings (SSSR count). The number of anilines is 2. The van der Waals surface area contributed by atoms with Gasteiger partial charge in [-0.1, -0.05) is 5.92 Å². The van der Waals surface area contributed by atoms with Crippen LogP contribution in [0.15, 0.2) is 48.9 Å². The minimum absolute atomic E-state index is 0.311. The molecule has 0 amide bonds. The number of hydrogen-bond donors (Lipinski definition) is 2. The van der Waals surface area contributed by atoms with Crippen LogP contribution in [0.4, 0.5) is 11.5 Å². The molecule has 0 atom stereocenters. The first-order valence-electron chi connectivity index (χ1n) is 8.46. The van der Waals surface area contributed by atoms with E-state index in [1.54, 1.807) is 18.6 Å². The van der Waals surface area contributed by atoms with E-state index in [1.165, 1.54) is 0 Å². The normalized spacial score (nSPS) is 10.6. The topological polar surface area (TPSA) is 109 Å². The van der Waals surface area contributed by atoms with Crippen LogP contribution in [0.2, 0.25) is 0 Å². The van der Waals surface area contributed by atoms with Crippen molar-refractivity contribution in [1.29, 1.82) is 0 Å². The van der Waals surface area contributed by atoms with Crippen LogP contribution in [0.3, 0.4) is 0 Å². The zero-order valence-electron chi connectivity index (χ0n) is 14.7. The van der Waals surface area contributed by atoms with E-state index in [0.717, 1.165) is 23.1 Å². The molecule has 3 aromatic heterocycles. The summed E-state index contributed by atoms with van der Waals surface area (Å²) in [7, 11) is 0. The Bertz CT molecular complexity index is 1180. The molecule has 0 fully saturated rings. The lowest BCUT2D eigenvalue weighted by molar-refractivity contribution is 0.792. The van der Waals surface area contributed by atoms with Crippen molar-refractivity contribution in [2.24, 2.45) is 0 Å². The van der Waals surface area contributed by atoms with Gasteiger partial charge in [0.05, 0.1) is 17.9 Å². The first-order valence-corrected chi connectivity index (χ1v) is 8.46. The highest BCUT2D eigenvalue weighted by Crippen LogP contribution is 2.26. The summed E-state index contributed by atoms with van der Waals surface area (Å²) in [5.41, 5.74) is 16.1. The van der Waals surface area contributed by atoms with Crippen LogP contribution in [-0.4, -0.2) is 24.5 Å². The molecule has 0 radical (unpaired) electrons. The lowest BCUT2D eigenvalue weighted by Gasteiger charge is -2.07. The molecule has 0 aliphatic rings. The van der Waals surface area contributed by atoms with Gasteiger partial charge >= 0.3 is 0 Å². The standard InChI is InChI=1S/C20H17N7/c1-2-27-17-9-10-23-12-16(17)26-20(27)18-19(22)24-11-15(25-18)8-5-13-3-6-14(21)7-4-13/h3-4,6-7,9-12H,2,21H2,1H3,(H2,22,24). The van der Waals surface area contributed by atoms with Gasteiger partial charge in [-0.05, 0) is 43.2 Å². The van der Waals surface area contributed by atoms with Gasteiger partial charge in [-0.3, -0.25) is 4.98 Å². The number of nitrogens with zero attached hydrogens (tertiary/aromatic N) is 5. The SMILES string of the molecule is CCn1c(-c2nc(C#Cc3ccc(N)cc3)cnc2N)nc2cnccc21. The van der Waals surface area contributed by atoms with Crippen molar-refractivity contribution in [2.75, 3.05) is 11.5 Å². The number of rotatable bonds is 2. The van der Waals surface area contributed by atoms with Gasteiger partial charge < -0.3 is 16.0 Å². The maximum Gasteiger partial charge on any atom is 0.163 e. The number of benzene rings is 1. The van der Waals surface area contributed by atoms with Crippen molar-refractivity contribution in [3.63, 3.8) is 0 Å². The Morgan fingerprint density at radius 1 is 1.00 bits per heavy atom. The van der Waals surface area contributed by atoms with Gasteiger partial charge in [0.25, 0.3) is 0 Å². The van der Waals surface area contributed by atoms with Gasteiger partial charge in [0, 0.05) is 24.0 Å². The van der Waals surface area contributed by atoms with Crippen LogP contribution in [0.5, 0.6) is 0 Å². The second-order valence-corrected chi connectivity index (χ2v) is 5.91. The van der Waals surface area contributed by atoms with Crippen molar-refractivity contribution in [3.05, 3.63) is 60.2 Å². The molecule has 7 nitrogen and oxygen atoms in total. The van der Waals surface area contributed by atoms with Gasteiger partial charge in [0.1, 0.15) is 16.9 Å². The zero-order valence-corrected chi connectivity index (χ0v) is 14.7. The molecule has 0 aliphatic heterocycles. The summed E-state index contributed by atoms with van der Waals surface area (Å²) >= 11 is 0. The highest BCUT2D eigenvalue weighted by Gasteiger charge is 2.16. The van der Waals surface area contributed by atoms with Crippen LogP contribution in [0.25, 0.3) is 22.6 Å². The summed E-state index contributed by atoms with van der Waals surface area (Å²) in [6.45, 7) is 2.76. The number of nitrogen functional groups attached to an aromatic ring is 2. The molecular formula is C20H17N7. The van der Waals surface area contributed by atoms with E-state index in [1.807, 2.05) is 41.8 Å². The number of aryl methyl sites for hydroxylation is 1. The Morgan fingerprint density at radius 2 is 1.81 bits per heavy atom. The number of aromatic nitrogens is 5. The second kappa shape index (κ2) is 6.77.